The van der Waals surface area contributed by atoms with E-state index < -0.39 is 17.2 Å². The smallest absolute Gasteiger partial charge is 0.320 e. The average molecular weight is 364 g/mol. The van der Waals surface area contributed by atoms with Gasteiger partial charge in [0.05, 0.1) is 5.69 Å². The van der Waals surface area contributed by atoms with Crippen molar-refractivity contribution in [2.24, 2.45) is 7.05 Å². The van der Waals surface area contributed by atoms with Gasteiger partial charge in [-0.15, -0.1) is 0 Å². The first kappa shape index (κ1) is 18.3. The highest BCUT2D eigenvalue weighted by atomic mass is 16.2. The third-order valence-corrected chi connectivity index (χ3v) is 4.15. The van der Waals surface area contributed by atoms with Crippen LogP contribution in [0.1, 0.15) is 27.2 Å². The van der Waals surface area contributed by atoms with Crippen LogP contribution in [0.5, 0.6) is 0 Å². The van der Waals surface area contributed by atoms with Gasteiger partial charge in [-0.2, -0.15) is 9.78 Å². The first-order valence-corrected chi connectivity index (χ1v) is 8.43. The molecule has 138 valence electrons. The highest BCUT2D eigenvalue weighted by Gasteiger charge is 2.19. The monoisotopic (exact) mass is 364 g/mol. The van der Waals surface area contributed by atoms with E-state index in [4.69, 9.17) is 0 Å². The Morgan fingerprint density at radius 1 is 0.926 bits per heavy atom. The zero-order valence-corrected chi connectivity index (χ0v) is 15.6. The number of carbonyl (C=O) groups is 1. The summed E-state index contributed by atoms with van der Waals surface area (Å²) >= 11 is 0. The van der Waals surface area contributed by atoms with Crippen LogP contribution in [0.15, 0.2) is 52.1 Å². The van der Waals surface area contributed by atoms with Gasteiger partial charge in [0.25, 0.3) is 11.5 Å². The summed E-state index contributed by atoms with van der Waals surface area (Å²) in [5.74, 6) is -0.665. The molecule has 0 fully saturated rings. The summed E-state index contributed by atoms with van der Waals surface area (Å²) in [6.45, 7) is 5.75. The highest BCUT2D eigenvalue weighted by Crippen LogP contribution is 2.14. The minimum atomic E-state index is -0.745. The van der Waals surface area contributed by atoms with Gasteiger partial charge in [-0.05, 0) is 56.2 Å². The fourth-order valence-corrected chi connectivity index (χ4v) is 2.81. The van der Waals surface area contributed by atoms with Crippen molar-refractivity contribution >= 4 is 11.6 Å². The van der Waals surface area contributed by atoms with Gasteiger partial charge >= 0.3 is 5.69 Å². The molecule has 0 bridgehead atoms. The van der Waals surface area contributed by atoms with Crippen LogP contribution in [0.3, 0.4) is 0 Å². The van der Waals surface area contributed by atoms with Crippen LogP contribution in [-0.2, 0) is 7.05 Å². The van der Waals surface area contributed by atoms with Crippen molar-refractivity contribution in [3.05, 3.63) is 85.7 Å². The van der Waals surface area contributed by atoms with Gasteiger partial charge in [-0.1, -0.05) is 23.8 Å². The summed E-state index contributed by atoms with van der Waals surface area (Å²) in [5, 5.41) is 6.72. The second-order valence-electron chi connectivity index (χ2n) is 6.57. The molecular formula is C20H20N4O3. The summed E-state index contributed by atoms with van der Waals surface area (Å²) in [4.78, 5) is 37.5. The summed E-state index contributed by atoms with van der Waals surface area (Å²) < 4.78 is 1.93. The molecule has 3 aromatic rings. The van der Waals surface area contributed by atoms with E-state index in [0.29, 0.717) is 11.4 Å². The Kier molecular flexibility index (Phi) is 4.77. The van der Waals surface area contributed by atoms with Gasteiger partial charge in [0.15, 0.2) is 0 Å². The maximum Gasteiger partial charge on any atom is 0.351 e. The number of rotatable bonds is 3. The van der Waals surface area contributed by atoms with Crippen molar-refractivity contribution in [3.8, 4) is 5.69 Å². The molecule has 7 heteroatoms. The average Bonchev–Trinajstić information content (AvgIpc) is 2.60. The van der Waals surface area contributed by atoms with E-state index in [9.17, 15) is 14.4 Å². The quantitative estimate of drug-likeness (QED) is 0.771. The van der Waals surface area contributed by atoms with Crippen LogP contribution >= 0.6 is 0 Å². The fraction of sp³-hybridized carbons (Fsp3) is 0.200. The molecule has 1 N–H and O–H groups in total. The molecule has 0 spiro atoms. The van der Waals surface area contributed by atoms with E-state index in [0.717, 1.165) is 25.9 Å². The van der Waals surface area contributed by atoms with Crippen molar-refractivity contribution < 1.29 is 4.79 Å². The number of aryl methyl sites for hydroxylation is 3. The number of amides is 1. The van der Waals surface area contributed by atoms with Crippen LogP contribution in [-0.4, -0.2) is 20.3 Å². The zero-order chi connectivity index (χ0) is 19.7. The first-order valence-electron chi connectivity index (χ1n) is 8.43. The Hall–Kier alpha value is -3.48. The number of anilines is 1. The largest absolute Gasteiger partial charge is 0.351 e. The number of carbonyl (C=O) groups excluding carboxylic acids is 1. The Morgan fingerprint density at radius 3 is 2.11 bits per heavy atom. The topological polar surface area (TPSA) is 86.0 Å². The first-order chi connectivity index (χ1) is 12.8. The molecule has 2 aromatic carbocycles. The summed E-state index contributed by atoms with van der Waals surface area (Å²) in [6, 6.07) is 12.6. The maximum absolute atomic E-state index is 12.7. The third kappa shape index (κ3) is 3.72. The van der Waals surface area contributed by atoms with Crippen LogP contribution < -0.4 is 16.6 Å². The number of aromatic nitrogens is 3. The predicted molar refractivity (Wildman–Crippen MR) is 104 cm³/mol. The van der Waals surface area contributed by atoms with Crippen molar-refractivity contribution in [1.29, 1.82) is 0 Å². The maximum atomic E-state index is 12.7. The second kappa shape index (κ2) is 7.03. The van der Waals surface area contributed by atoms with Crippen LogP contribution in [0.4, 0.5) is 5.69 Å². The van der Waals surface area contributed by atoms with Crippen molar-refractivity contribution in [2.45, 2.75) is 20.8 Å². The normalized spacial score (nSPS) is 10.7. The molecule has 0 radical (unpaired) electrons. The molecule has 0 aliphatic carbocycles. The molecule has 1 heterocycles. The summed E-state index contributed by atoms with van der Waals surface area (Å²) in [7, 11) is 1.32. The number of hydrogen-bond donors (Lipinski definition) is 1. The molecule has 0 aliphatic heterocycles. The molecule has 0 saturated heterocycles. The molecule has 0 atom stereocenters. The van der Waals surface area contributed by atoms with Gasteiger partial charge in [0, 0.05) is 12.7 Å². The minimum Gasteiger partial charge on any atom is -0.320 e. The third-order valence-electron chi connectivity index (χ3n) is 4.15. The van der Waals surface area contributed by atoms with Gasteiger partial charge in [-0.25, -0.2) is 4.79 Å². The van der Waals surface area contributed by atoms with Crippen LogP contribution in [0.25, 0.3) is 5.69 Å². The lowest BCUT2D eigenvalue weighted by Gasteiger charge is -2.10. The predicted octanol–water partition coefficient (Wildman–Crippen LogP) is 2.11. The molecule has 0 saturated carbocycles. The van der Waals surface area contributed by atoms with Crippen molar-refractivity contribution in [2.75, 3.05) is 5.32 Å². The molecule has 0 unspecified atom stereocenters. The number of nitrogens with zero attached hydrogens (tertiary/aromatic N) is 3. The van der Waals surface area contributed by atoms with Crippen LogP contribution in [0, 0.1) is 20.8 Å². The molecule has 3 rings (SSSR count). The molecular weight excluding hydrogens is 344 g/mol. The Balaban J connectivity index is 2.07. The SMILES string of the molecule is Cc1ccc(-n2nc(C(=O)Nc3cc(C)cc(C)c3)c(=O)n(C)c2=O)cc1. The number of benzene rings is 2. The fourth-order valence-electron chi connectivity index (χ4n) is 2.81. The zero-order valence-electron chi connectivity index (χ0n) is 15.6. The molecule has 7 nitrogen and oxygen atoms in total. The summed E-state index contributed by atoms with van der Waals surface area (Å²) in [6.07, 6.45) is 0. The minimum absolute atomic E-state index is 0.350. The van der Waals surface area contributed by atoms with E-state index in [1.54, 1.807) is 24.3 Å². The van der Waals surface area contributed by atoms with E-state index in [2.05, 4.69) is 10.4 Å². The van der Waals surface area contributed by atoms with Gasteiger partial charge in [0.2, 0.25) is 5.69 Å². The Bertz CT molecular complexity index is 1120. The van der Waals surface area contributed by atoms with E-state index in [1.807, 2.05) is 39.0 Å². The van der Waals surface area contributed by atoms with Gasteiger partial charge < -0.3 is 5.32 Å². The molecule has 1 amide bonds. The van der Waals surface area contributed by atoms with E-state index in [1.165, 1.54) is 7.05 Å². The molecule has 1 aromatic heterocycles. The lowest BCUT2D eigenvalue weighted by Crippen LogP contribution is -2.43. The lowest BCUT2D eigenvalue weighted by molar-refractivity contribution is 0.101. The Morgan fingerprint density at radius 2 is 1.52 bits per heavy atom. The van der Waals surface area contributed by atoms with Crippen LogP contribution in [0.2, 0.25) is 0 Å². The summed E-state index contributed by atoms with van der Waals surface area (Å²) in [5.41, 5.74) is 2.31. The lowest BCUT2D eigenvalue weighted by atomic mass is 10.1. The standard InChI is InChI=1S/C20H20N4O3/c1-12-5-7-16(8-6-12)24-20(27)23(4)19(26)17(22-24)18(25)21-15-10-13(2)9-14(3)11-15/h5-11H,1-4H3,(H,21,25). The number of hydrogen-bond acceptors (Lipinski definition) is 4. The molecule has 0 aliphatic rings. The highest BCUT2D eigenvalue weighted by molar-refractivity contribution is 6.02. The van der Waals surface area contributed by atoms with Gasteiger partial charge in [-0.3, -0.25) is 14.2 Å². The van der Waals surface area contributed by atoms with Gasteiger partial charge in [0.1, 0.15) is 0 Å². The second-order valence-corrected chi connectivity index (χ2v) is 6.57. The van der Waals surface area contributed by atoms with E-state index in [-0.39, 0.29) is 5.69 Å². The van der Waals surface area contributed by atoms with Crippen molar-refractivity contribution in [1.82, 2.24) is 14.3 Å². The van der Waals surface area contributed by atoms with Crippen molar-refractivity contribution in [3.63, 3.8) is 0 Å². The van der Waals surface area contributed by atoms with E-state index >= 15 is 0 Å². The molecule has 27 heavy (non-hydrogen) atoms. The number of nitrogens with one attached hydrogen (secondary N) is 1. The Labute approximate surface area is 155 Å².